The van der Waals surface area contributed by atoms with Gasteiger partial charge in [0.2, 0.25) is 0 Å². The molecule has 0 radical (unpaired) electrons. The van der Waals surface area contributed by atoms with Crippen LogP contribution in [-0.2, 0) is 6.42 Å². The Morgan fingerprint density at radius 1 is 1.25 bits per heavy atom. The molecule has 2 rings (SSSR count). The van der Waals surface area contributed by atoms with Gasteiger partial charge in [0.05, 0.1) is 5.60 Å². The van der Waals surface area contributed by atoms with Crippen molar-refractivity contribution in [3.63, 3.8) is 0 Å². The van der Waals surface area contributed by atoms with Crippen LogP contribution < -0.4 is 0 Å². The van der Waals surface area contributed by atoms with Gasteiger partial charge in [-0.15, -0.1) is 0 Å². The van der Waals surface area contributed by atoms with E-state index in [0.717, 1.165) is 10.9 Å². The van der Waals surface area contributed by atoms with E-state index in [1.165, 1.54) is 31.2 Å². The van der Waals surface area contributed by atoms with Crippen molar-refractivity contribution >= 4 is 15.9 Å². The monoisotopic (exact) mass is 282 g/mol. The fourth-order valence-electron chi connectivity index (χ4n) is 2.71. The van der Waals surface area contributed by atoms with Gasteiger partial charge in [0.1, 0.15) is 0 Å². The highest BCUT2D eigenvalue weighted by molar-refractivity contribution is 9.10. The average Bonchev–Trinajstić information content (AvgIpc) is 2.75. The van der Waals surface area contributed by atoms with Crippen molar-refractivity contribution < 1.29 is 5.11 Å². The quantitative estimate of drug-likeness (QED) is 0.891. The Hall–Kier alpha value is -0.340. The van der Waals surface area contributed by atoms with Crippen molar-refractivity contribution in [3.8, 4) is 0 Å². The second kappa shape index (κ2) is 4.89. The van der Waals surface area contributed by atoms with E-state index in [1.54, 1.807) is 0 Å². The fraction of sp³-hybridized carbons (Fsp3) is 0.571. The molecule has 1 aliphatic carbocycles. The minimum Gasteiger partial charge on any atom is -0.390 e. The Kier molecular flexibility index (Phi) is 3.70. The lowest BCUT2D eigenvalue weighted by Gasteiger charge is -2.30. The van der Waals surface area contributed by atoms with Crippen LogP contribution in [0.3, 0.4) is 0 Å². The van der Waals surface area contributed by atoms with E-state index >= 15 is 0 Å². The van der Waals surface area contributed by atoms with Crippen molar-refractivity contribution in [2.45, 2.75) is 44.6 Å². The van der Waals surface area contributed by atoms with Gasteiger partial charge in [-0.1, -0.05) is 40.9 Å². The first-order valence-electron chi connectivity index (χ1n) is 6.05. The largest absolute Gasteiger partial charge is 0.390 e. The fourth-order valence-corrected chi connectivity index (χ4v) is 2.97. The first-order valence-corrected chi connectivity index (χ1v) is 6.84. The van der Waals surface area contributed by atoms with E-state index in [2.05, 4.69) is 28.1 Å². The Morgan fingerprint density at radius 3 is 2.38 bits per heavy atom. The maximum atomic E-state index is 10.5. The summed E-state index contributed by atoms with van der Waals surface area (Å²) in [5.41, 5.74) is 0.685. The SMILES string of the molecule is CC(O)(Cc1ccc(Br)cc1)C1CCCC1. The summed E-state index contributed by atoms with van der Waals surface area (Å²) in [6.45, 7) is 1.99. The van der Waals surface area contributed by atoms with Crippen LogP contribution in [0.4, 0.5) is 0 Å². The van der Waals surface area contributed by atoms with Crippen LogP contribution in [0.15, 0.2) is 28.7 Å². The molecule has 1 aromatic carbocycles. The molecule has 1 aliphatic rings. The van der Waals surface area contributed by atoms with Crippen LogP contribution in [0.25, 0.3) is 0 Å². The Bertz CT molecular complexity index is 336. The molecular weight excluding hydrogens is 264 g/mol. The lowest BCUT2D eigenvalue weighted by Crippen LogP contribution is -2.35. The molecule has 88 valence electrons. The predicted octanol–water partition coefficient (Wildman–Crippen LogP) is 3.93. The summed E-state index contributed by atoms with van der Waals surface area (Å²) in [5, 5.41) is 10.5. The third-order valence-corrected chi connectivity index (χ3v) is 4.24. The average molecular weight is 283 g/mol. The summed E-state index contributed by atoms with van der Waals surface area (Å²) in [5.74, 6) is 0.483. The smallest absolute Gasteiger partial charge is 0.0687 e. The van der Waals surface area contributed by atoms with Gasteiger partial charge in [-0.3, -0.25) is 0 Å². The molecule has 1 atom stereocenters. The third kappa shape index (κ3) is 2.86. The zero-order valence-electron chi connectivity index (χ0n) is 9.75. The maximum Gasteiger partial charge on any atom is 0.0687 e. The van der Waals surface area contributed by atoms with E-state index in [1.807, 2.05) is 19.1 Å². The highest BCUT2D eigenvalue weighted by atomic mass is 79.9. The molecule has 1 saturated carbocycles. The summed E-state index contributed by atoms with van der Waals surface area (Å²) in [6.07, 6.45) is 5.69. The molecule has 0 saturated heterocycles. The molecule has 0 aromatic heterocycles. The summed E-state index contributed by atoms with van der Waals surface area (Å²) < 4.78 is 1.09. The van der Waals surface area contributed by atoms with Gasteiger partial charge >= 0.3 is 0 Å². The minimum absolute atomic E-state index is 0.483. The van der Waals surface area contributed by atoms with Gasteiger partial charge in [0, 0.05) is 10.9 Å². The summed E-state index contributed by atoms with van der Waals surface area (Å²) >= 11 is 3.43. The predicted molar refractivity (Wildman–Crippen MR) is 70.4 cm³/mol. The van der Waals surface area contributed by atoms with Crippen LogP contribution in [0.5, 0.6) is 0 Å². The van der Waals surface area contributed by atoms with Crippen LogP contribution in [0.2, 0.25) is 0 Å². The Morgan fingerprint density at radius 2 is 1.81 bits per heavy atom. The molecule has 0 spiro atoms. The molecule has 1 fully saturated rings. The lowest BCUT2D eigenvalue weighted by atomic mass is 9.83. The van der Waals surface area contributed by atoms with E-state index in [0.29, 0.717) is 5.92 Å². The normalized spacial score (nSPS) is 20.9. The van der Waals surface area contributed by atoms with Crippen LogP contribution >= 0.6 is 15.9 Å². The highest BCUT2D eigenvalue weighted by Crippen LogP contribution is 2.35. The van der Waals surface area contributed by atoms with E-state index in [4.69, 9.17) is 0 Å². The van der Waals surface area contributed by atoms with Crippen molar-refractivity contribution in [2.75, 3.05) is 0 Å². The number of benzene rings is 1. The van der Waals surface area contributed by atoms with Gasteiger partial charge in [0.25, 0.3) is 0 Å². The zero-order chi connectivity index (χ0) is 11.6. The minimum atomic E-state index is -0.537. The first-order chi connectivity index (χ1) is 7.58. The van der Waals surface area contributed by atoms with Crippen LogP contribution in [0, 0.1) is 5.92 Å². The molecule has 2 heteroatoms. The molecule has 16 heavy (non-hydrogen) atoms. The van der Waals surface area contributed by atoms with Gasteiger partial charge in [0.15, 0.2) is 0 Å². The van der Waals surface area contributed by atoms with Gasteiger partial charge in [-0.05, 0) is 43.4 Å². The lowest BCUT2D eigenvalue weighted by molar-refractivity contribution is 0.00193. The van der Waals surface area contributed by atoms with Gasteiger partial charge in [-0.2, -0.15) is 0 Å². The topological polar surface area (TPSA) is 20.2 Å². The number of halogens is 1. The van der Waals surface area contributed by atoms with Gasteiger partial charge < -0.3 is 5.11 Å². The molecular formula is C14H19BrO. The van der Waals surface area contributed by atoms with E-state index in [9.17, 15) is 5.11 Å². The van der Waals surface area contributed by atoms with E-state index in [-0.39, 0.29) is 0 Å². The first kappa shape index (κ1) is 12.1. The highest BCUT2D eigenvalue weighted by Gasteiger charge is 2.33. The Balaban J connectivity index is 2.04. The molecule has 1 N–H and O–H groups in total. The van der Waals surface area contributed by atoms with Crippen molar-refractivity contribution in [1.82, 2.24) is 0 Å². The van der Waals surface area contributed by atoms with E-state index < -0.39 is 5.60 Å². The third-order valence-electron chi connectivity index (χ3n) is 3.71. The molecule has 1 aromatic rings. The summed E-state index contributed by atoms with van der Waals surface area (Å²) in [4.78, 5) is 0. The summed E-state index contributed by atoms with van der Waals surface area (Å²) in [7, 11) is 0. The molecule has 1 nitrogen and oxygen atoms in total. The van der Waals surface area contributed by atoms with Crippen molar-refractivity contribution in [1.29, 1.82) is 0 Å². The summed E-state index contributed by atoms with van der Waals surface area (Å²) in [6, 6.07) is 8.27. The van der Waals surface area contributed by atoms with Crippen LogP contribution in [0.1, 0.15) is 38.2 Å². The maximum absolute atomic E-state index is 10.5. The molecule has 0 amide bonds. The van der Waals surface area contributed by atoms with Crippen molar-refractivity contribution in [2.24, 2.45) is 5.92 Å². The Labute approximate surface area is 106 Å². The number of rotatable bonds is 3. The number of aliphatic hydroxyl groups is 1. The number of hydrogen-bond acceptors (Lipinski definition) is 1. The molecule has 0 heterocycles. The number of hydrogen-bond donors (Lipinski definition) is 1. The second-order valence-electron chi connectivity index (χ2n) is 5.14. The van der Waals surface area contributed by atoms with Gasteiger partial charge in [-0.25, -0.2) is 0 Å². The zero-order valence-corrected chi connectivity index (χ0v) is 11.3. The van der Waals surface area contributed by atoms with Crippen molar-refractivity contribution in [3.05, 3.63) is 34.3 Å². The second-order valence-corrected chi connectivity index (χ2v) is 6.06. The standard InChI is InChI=1S/C14H19BrO/c1-14(16,12-4-2-3-5-12)10-11-6-8-13(15)9-7-11/h6-9,12,16H,2-5,10H2,1H3. The molecule has 1 unspecified atom stereocenters. The molecule has 0 bridgehead atoms. The van der Waals surface area contributed by atoms with Crippen LogP contribution in [-0.4, -0.2) is 10.7 Å². The molecule has 0 aliphatic heterocycles.